The molecular weight excluding hydrogens is 338 g/mol. The second kappa shape index (κ2) is 10.1. The molecule has 0 aromatic rings. The highest BCUT2D eigenvalue weighted by Crippen LogP contribution is 2.15. The molecule has 1 fully saturated rings. The van der Waals surface area contributed by atoms with E-state index >= 15 is 0 Å². The van der Waals surface area contributed by atoms with Crippen molar-refractivity contribution in [3.63, 3.8) is 0 Å². The highest BCUT2D eigenvalue weighted by atomic mass is 16.2. The summed E-state index contributed by atoms with van der Waals surface area (Å²) < 4.78 is 0. The van der Waals surface area contributed by atoms with Crippen LogP contribution in [0.1, 0.15) is 40.0 Å². The van der Waals surface area contributed by atoms with Gasteiger partial charge >= 0.3 is 6.03 Å². The highest BCUT2D eigenvalue weighted by molar-refractivity contribution is 5.93. The van der Waals surface area contributed by atoms with Gasteiger partial charge in [-0.3, -0.25) is 19.3 Å². The van der Waals surface area contributed by atoms with Gasteiger partial charge in [-0.15, -0.1) is 0 Å². The van der Waals surface area contributed by atoms with E-state index in [0.717, 1.165) is 13.0 Å². The first-order valence-corrected chi connectivity index (χ1v) is 8.98. The lowest BCUT2D eigenvalue weighted by Gasteiger charge is -2.37. The van der Waals surface area contributed by atoms with Crippen LogP contribution in [0.25, 0.3) is 0 Å². The molecule has 1 aliphatic rings. The predicted octanol–water partition coefficient (Wildman–Crippen LogP) is -0.646. The van der Waals surface area contributed by atoms with Gasteiger partial charge in [-0.05, 0) is 39.2 Å². The minimum absolute atomic E-state index is 0.117. The Hall–Kier alpha value is -2.16. The van der Waals surface area contributed by atoms with E-state index in [4.69, 9.17) is 5.73 Å². The Labute approximate surface area is 154 Å². The van der Waals surface area contributed by atoms with Gasteiger partial charge in [-0.1, -0.05) is 13.8 Å². The van der Waals surface area contributed by atoms with E-state index in [1.807, 2.05) is 25.8 Å². The van der Waals surface area contributed by atoms with Gasteiger partial charge in [0, 0.05) is 13.1 Å². The van der Waals surface area contributed by atoms with Crippen LogP contribution in [0.15, 0.2) is 0 Å². The molecule has 2 unspecified atom stereocenters. The largest absolute Gasteiger partial charge is 0.352 e. The number of primary amides is 1. The topological polar surface area (TPSA) is 134 Å². The van der Waals surface area contributed by atoms with Crippen LogP contribution in [0.4, 0.5) is 4.79 Å². The van der Waals surface area contributed by atoms with Gasteiger partial charge in [-0.25, -0.2) is 4.79 Å². The summed E-state index contributed by atoms with van der Waals surface area (Å²) >= 11 is 0. The molecule has 1 heterocycles. The molecule has 1 aliphatic heterocycles. The number of nitrogens with zero attached hydrogens (tertiary/aromatic N) is 1. The molecule has 26 heavy (non-hydrogen) atoms. The number of ketones is 1. The number of amides is 4. The average Bonchev–Trinajstić information content (AvgIpc) is 2.52. The molecule has 148 valence electrons. The number of carbonyl (C=O) groups is 4. The smallest absolute Gasteiger partial charge is 0.312 e. The van der Waals surface area contributed by atoms with Gasteiger partial charge < -0.3 is 21.7 Å². The molecule has 9 nitrogen and oxygen atoms in total. The van der Waals surface area contributed by atoms with Crippen LogP contribution in [-0.2, 0) is 14.4 Å². The highest BCUT2D eigenvalue weighted by Gasteiger charge is 2.34. The lowest BCUT2D eigenvalue weighted by atomic mass is 9.99. The third kappa shape index (κ3) is 6.62. The Balaban J connectivity index is 2.60. The predicted molar refractivity (Wildman–Crippen MR) is 97.2 cm³/mol. The van der Waals surface area contributed by atoms with E-state index in [2.05, 4.69) is 16.0 Å². The second-order valence-electron chi connectivity index (χ2n) is 7.12. The van der Waals surface area contributed by atoms with Crippen molar-refractivity contribution >= 4 is 23.6 Å². The number of urea groups is 1. The van der Waals surface area contributed by atoms with Crippen LogP contribution < -0.4 is 21.7 Å². The number of hydrogen-bond donors (Lipinski definition) is 4. The molecule has 0 saturated carbocycles. The molecular formula is C17H31N5O4. The zero-order valence-electron chi connectivity index (χ0n) is 16.0. The standard InChI is InChI=1S/C17H31N5O4/c1-10(2)14(21-15(24)13-7-9-22(13)4)16(25)20-12(11(3)23)6-5-8-19-17(18)26/h10,12-14H,5-9H2,1-4H3,(H,20,25)(H,21,24)(H3,18,19,26)/t12-,13?,14?/m0/s1. The summed E-state index contributed by atoms with van der Waals surface area (Å²) in [5.74, 6) is -0.838. The molecule has 5 N–H and O–H groups in total. The van der Waals surface area contributed by atoms with Gasteiger partial charge in [0.2, 0.25) is 11.8 Å². The Morgan fingerprint density at radius 1 is 1.19 bits per heavy atom. The molecule has 0 radical (unpaired) electrons. The quantitative estimate of drug-likeness (QED) is 0.380. The van der Waals surface area contributed by atoms with E-state index < -0.39 is 18.1 Å². The summed E-state index contributed by atoms with van der Waals surface area (Å²) in [7, 11) is 1.87. The molecule has 9 heteroatoms. The van der Waals surface area contributed by atoms with E-state index in [9.17, 15) is 19.2 Å². The van der Waals surface area contributed by atoms with Crippen molar-refractivity contribution in [2.24, 2.45) is 11.7 Å². The number of rotatable bonds is 10. The zero-order valence-corrected chi connectivity index (χ0v) is 16.0. The molecule has 1 saturated heterocycles. The third-order valence-corrected chi connectivity index (χ3v) is 4.61. The number of hydrogen-bond acceptors (Lipinski definition) is 5. The number of likely N-dealkylation sites (N-methyl/N-ethyl adjacent to an activating group) is 1. The number of carbonyl (C=O) groups excluding carboxylic acids is 4. The Bertz CT molecular complexity index is 537. The van der Waals surface area contributed by atoms with Crippen LogP contribution in [0, 0.1) is 5.92 Å². The Morgan fingerprint density at radius 3 is 2.27 bits per heavy atom. The lowest BCUT2D eigenvalue weighted by Crippen LogP contribution is -2.60. The maximum Gasteiger partial charge on any atom is 0.312 e. The van der Waals surface area contributed by atoms with Gasteiger partial charge in [0.25, 0.3) is 0 Å². The van der Waals surface area contributed by atoms with Crippen molar-refractivity contribution < 1.29 is 19.2 Å². The zero-order chi connectivity index (χ0) is 19.9. The Kier molecular flexibility index (Phi) is 8.50. The van der Waals surface area contributed by atoms with Crippen molar-refractivity contribution in [1.82, 2.24) is 20.9 Å². The van der Waals surface area contributed by atoms with E-state index in [1.165, 1.54) is 6.92 Å². The maximum absolute atomic E-state index is 12.6. The monoisotopic (exact) mass is 369 g/mol. The lowest BCUT2D eigenvalue weighted by molar-refractivity contribution is -0.136. The van der Waals surface area contributed by atoms with Gasteiger partial charge in [0.05, 0.1) is 12.1 Å². The van der Waals surface area contributed by atoms with Crippen LogP contribution in [0.5, 0.6) is 0 Å². The van der Waals surface area contributed by atoms with Crippen molar-refractivity contribution in [1.29, 1.82) is 0 Å². The van der Waals surface area contributed by atoms with Crippen molar-refractivity contribution in [2.75, 3.05) is 20.1 Å². The van der Waals surface area contributed by atoms with Crippen LogP contribution in [0.3, 0.4) is 0 Å². The van der Waals surface area contributed by atoms with Crippen LogP contribution in [-0.4, -0.2) is 66.8 Å². The minimum atomic E-state index is -0.706. The van der Waals surface area contributed by atoms with E-state index in [0.29, 0.717) is 19.4 Å². The van der Waals surface area contributed by atoms with Crippen molar-refractivity contribution in [3.05, 3.63) is 0 Å². The maximum atomic E-state index is 12.6. The van der Waals surface area contributed by atoms with Crippen LogP contribution in [0.2, 0.25) is 0 Å². The molecule has 0 spiro atoms. The number of likely N-dealkylation sites (tertiary alicyclic amines) is 1. The first kappa shape index (κ1) is 21.9. The second-order valence-corrected chi connectivity index (χ2v) is 7.12. The number of nitrogens with one attached hydrogen (secondary N) is 3. The molecule has 3 atom stereocenters. The molecule has 0 bridgehead atoms. The first-order chi connectivity index (χ1) is 12.1. The average molecular weight is 369 g/mol. The fourth-order valence-electron chi connectivity index (χ4n) is 2.79. The first-order valence-electron chi connectivity index (χ1n) is 8.98. The number of Topliss-reactive ketones (excluding diaryl/α,β-unsaturated/α-hetero) is 1. The van der Waals surface area contributed by atoms with Gasteiger partial charge in [0.15, 0.2) is 5.78 Å². The molecule has 4 amide bonds. The van der Waals surface area contributed by atoms with Crippen molar-refractivity contribution in [3.8, 4) is 0 Å². The minimum Gasteiger partial charge on any atom is -0.352 e. The Morgan fingerprint density at radius 2 is 1.85 bits per heavy atom. The fourth-order valence-corrected chi connectivity index (χ4v) is 2.79. The molecule has 0 aromatic heterocycles. The molecule has 0 aliphatic carbocycles. The van der Waals surface area contributed by atoms with Crippen molar-refractivity contribution in [2.45, 2.75) is 58.2 Å². The van der Waals surface area contributed by atoms with E-state index in [1.54, 1.807) is 0 Å². The number of nitrogens with two attached hydrogens (primary N) is 1. The SMILES string of the molecule is CC(=O)[C@H](CCCNC(N)=O)NC(=O)C(NC(=O)C1CCN1C)C(C)C. The normalized spacial score (nSPS) is 19.2. The summed E-state index contributed by atoms with van der Waals surface area (Å²) in [6.07, 6.45) is 1.65. The van der Waals surface area contributed by atoms with E-state index in [-0.39, 0.29) is 29.6 Å². The summed E-state index contributed by atoms with van der Waals surface area (Å²) in [5.41, 5.74) is 4.99. The molecule has 1 rings (SSSR count). The summed E-state index contributed by atoms with van der Waals surface area (Å²) in [6, 6.07) is -2.20. The molecule has 0 aromatic carbocycles. The van der Waals surface area contributed by atoms with Crippen LogP contribution >= 0.6 is 0 Å². The fraction of sp³-hybridized carbons (Fsp3) is 0.765. The summed E-state index contributed by atoms with van der Waals surface area (Å²) in [6.45, 7) is 6.28. The summed E-state index contributed by atoms with van der Waals surface area (Å²) in [4.78, 5) is 49.3. The third-order valence-electron chi connectivity index (χ3n) is 4.61. The van der Waals surface area contributed by atoms with Gasteiger partial charge in [0.1, 0.15) is 6.04 Å². The van der Waals surface area contributed by atoms with Gasteiger partial charge in [-0.2, -0.15) is 0 Å². The summed E-state index contributed by atoms with van der Waals surface area (Å²) in [5, 5.41) is 7.96.